The molecule has 1 rings (SSSR count). The average molecular weight is 309 g/mol. The Morgan fingerprint density at radius 3 is 2.45 bits per heavy atom. The number of rotatable bonds is 7. The van der Waals surface area contributed by atoms with Crippen molar-refractivity contribution in [2.24, 2.45) is 11.1 Å². The SMILES string of the molecule is CC(C(=O)N(C)CC(=O)N(C)CC(C)(C)CN)n1cccn1. The Hall–Kier alpha value is -1.89. The van der Waals surface area contributed by atoms with Crippen LogP contribution in [-0.4, -0.2) is 65.1 Å². The smallest absolute Gasteiger partial charge is 0.247 e. The van der Waals surface area contributed by atoms with Crippen molar-refractivity contribution < 1.29 is 9.59 Å². The zero-order valence-electron chi connectivity index (χ0n) is 14.1. The summed E-state index contributed by atoms with van der Waals surface area (Å²) in [6.07, 6.45) is 3.35. The summed E-state index contributed by atoms with van der Waals surface area (Å²) in [4.78, 5) is 27.6. The number of amides is 2. The molecule has 0 aliphatic carbocycles. The monoisotopic (exact) mass is 309 g/mol. The quantitative estimate of drug-likeness (QED) is 0.787. The summed E-state index contributed by atoms with van der Waals surface area (Å²) in [5.41, 5.74) is 5.54. The number of carbonyl (C=O) groups excluding carboxylic acids is 2. The molecule has 0 aromatic carbocycles. The Bertz CT molecular complexity index is 498. The first-order chi connectivity index (χ1) is 10.2. The van der Waals surface area contributed by atoms with E-state index in [9.17, 15) is 9.59 Å². The van der Waals surface area contributed by atoms with Gasteiger partial charge in [0.2, 0.25) is 11.8 Å². The van der Waals surface area contributed by atoms with Gasteiger partial charge in [-0.1, -0.05) is 13.8 Å². The molecule has 7 nitrogen and oxygen atoms in total. The van der Waals surface area contributed by atoms with E-state index in [0.29, 0.717) is 13.1 Å². The molecule has 2 N–H and O–H groups in total. The number of aromatic nitrogens is 2. The van der Waals surface area contributed by atoms with Gasteiger partial charge in [-0.2, -0.15) is 5.10 Å². The van der Waals surface area contributed by atoms with E-state index in [-0.39, 0.29) is 23.8 Å². The van der Waals surface area contributed by atoms with E-state index in [0.717, 1.165) is 0 Å². The number of hydrogen-bond donors (Lipinski definition) is 1. The molecule has 124 valence electrons. The lowest BCUT2D eigenvalue weighted by Crippen LogP contribution is -2.45. The Kier molecular flexibility index (Phi) is 6.11. The highest BCUT2D eigenvalue weighted by Gasteiger charge is 2.25. The second-order valence-corrected chi connectivity index (χ2v) is 6.47. The maximum Gasteiger partial charge on any atom is 0.247 e. The van der Waals surface area contributed by atoms with Gasteiger partial charge in [-0.3, -0.25) is 14.3 Å². The third-order valence-corrected chi connectivity index (χ3v) is 3.67. The standard InChI is InChI=1S/C15H27N5O2/c1-12(20-8-6-7-17-20)14(22)18(4)9-13(21)19(5)11-15(2,3)10-16/h6-8,12H,9-11,16H2,1-5H3. The van der Waals surface area contributed by atoms with E-state index in [4.69, 9.17) is 5.73 Å². The molecule has 7 heteroatoms. The van der Waals surface area contributed by atoms with Crippen molar-refractivity contribution in [1.82, 2.24) is 19.6 Å². The first-order valence-electron chi connectivity index (χ1n) is 7.36. The Morgan fingerprint density at radius 1 is 1.32 bits per heavy atom. The molecular weight excluding hydrogens is 282 g/mol. The topological polar surface area (TPSA) is 84.5 Å². The van der Waals surface area contributed by atoms with Gasteiger partial charge in [0.1, 0.15) is 6.04 Å². The van der Waals surface area contributed by atoms with Crippen LogP contribution in [0, 0.1) is 5.41 Å². The molecule has 1 aromatic heterocycles. The third kappa shape index (κ3) is 4.84. The second kappa shape index (κ2) is 7.40. The number of hydrogen-bond acceptors (Lipinski definition) is 4. The van der Waals surface area contributed by atoms with Gasteiger partial charge in [0, 0.05) is 33.0 Å². The molecule has 0 aliphatic heterocycles. The molecule has 2 amide bonds. The van der Waals surface area contributed by atoms with Gasteiger partial charge in [0.25, 0.3) is 0 Å². The zero-order valence-corrected chi connectivity index (χ0v) is 14.1. The van der Waals surface area contributed by atoms with Crippen LogP contribution in [0.3, 0.4) is 0 Å². The molecular formula is C15H27N5O2. The molecule has 1 atom stereocenters. The summed E-state index contributed by atoms with van der Waals surface area (Å²) >= 11 is 0. The fraction of sp³-hybridized carbons (Fsp3) is 0.667. The van der Waals surface area contributed by atoms with Crippen molar-refractivity contribution in [3.63, 3.8) is 0 Å². The Labute approximate surface area is 132 Å². The van der Waals surface area contributed by atoms with Gasteiger partial charge < -0.3 is 15.5 Å². The van der Waals surface area contributed by atoms with Crippen LogP contribution in [0.25, 0.3) is 0 Å². The fourth-order valence-electron chi connectivity index (χ4n) is 2.14. The van der Waals surface area contributed by atoms with Crippen LogP contribution in [-0.2, 0) is 9.59 Å². The highest BCUT2D eigenvalue weighted by molar-refractivity contribution is 5.86. The van der Waals surface area contributed by atoms with Crippen LogP contribution in [0.15, 0.2) is 18.5 Å². The van der Waals surface area contributed by atoms with E-state index in [1.807, 2.05) is 13.8 Å². The molecule has 0 saturated heterocycles. The summed E-state index contributed by atoms with van der Waals surface area (Å²) in [6.45, 7) is 6.87. The Morgan fingerprint density at radius 2 is 1.95 bits per heavy atom. The third-order valence-electron chi connectivity index (χ3n) is 3.67. The minimum Gasteiger partial charge on any atom is -0.344 e. The van der Waals surface area contributed by atoms with Crippen molar-refractivity contribution >= 4 is 11.8 Å². The number of nitrogens with zero attached hydrogens (tertiary/aromatic N) is 4. The minimum atomic E-state index is -0.432. The molecule has 0 radical (unpaired) electrons. The molecule has 1 aromatic rings. The van der Waals surface area contributed by atoms with E-state index in [1.54, 1.807) is 49.1 Å². The lowest BCUT2D eigenvalue weighted by molar-refractivity contribution is -0.141. The highest BCUT2D eigenvalue weighted by Crippen LogP contribution is 2.14. The van der Waals surface area contributed by atoms with E-state index in [1.165, 1.54) is 4.90 Å². The summed E-state index contributed by atoms with van der Waals surface area (Å²) < 4.78 is 1.57. The molecule has 0 aliphatic rings. The highest BCUT2D eigenvalue weighted by atomic mass is 16.2. The maximum absolute atomic E-state index is 12.3. The van der Waals surface area contributed by atoms with E-state index >= 15 is 0 Å². The maximum atomic E-state index is 12.3. The molecule has 0 spiro atoms. The largest absolute Gasteiger partial charge is 0.344 e. The van der Waals surface area contributed by atoms with Crippen molar-refractivity contribution in [2.75, 3.05) is 33.7 Å². The predicted octanol–water partition coefficient (Wildman–Crippen LogP) is 0.346. The molecule has 0 saturated carbocycles. The van der Waals surface area contributed by atoms with E-state index in [2.05, 4.69) is 5.10 Å². The van der Waals surface area contributed by atoms with Crippen LogP contribution in [0.4, 0.5) is 0 Å². The lowest BCUT2D eigenvalue weighted by atomic mass is 9.93. The lowest BCUT2D eigenvalue weighted by Gasteiger charge is -2.30. The predicted molar refractivity (Wildman–Crippen MR) is 85.0 cm³/mol. The number of likely N-dealkylation sites (N-methyl/N-ethyl adjacent to an activating group) is 2. The van der Waals surface area contributed by atoms with Gasteiger partial charge in [0.05, 0.1) is 6.54 Å². The summed E-state index contributed by atoms with van der Waals surface area (Å²) in [7, 11) is 3.36. The summed E-state index contributed by atoms with van der Waals surface area (Å²) in [5, 5.41) is 4.05. The van der Waals surface area contributed by atoms with Crippen molar-refractivity contribution in [3.05, 3.63) is 18.5 Å². The second-order valence-electron chi connectivity index (χ2n) is 6.47. The Balaban J connectivity index is 2.58. The first kappa shape index (κ1) is 18.2. The molecule has 0 bridgehead atoms. The summed E-state index contributed by atoms with van der Waals surface area (Å²) in [5.74, 6) is -0.256. The van der Waals surface area contributed by atoms with Gasteiger partial charge in [0.15, 0.2) is 0 Å². The number of nitrogens with two attached hydrogens (primary N) is 1. The summed E-state index contributed by atoms with van der Waals surface area (Å²) in [6, 6.07) is 1.33. The molecule has 1 heterocycles. The van der Waals surface area contributed by atoms with Crippen LogP contribution in [0.2, 0.25) is 0 Å². The normalized spacial score (nSPS) is 12.8. The average Bonchev–Trinajstić information content (AvgIpc) is 2.99. The van der Waals surface area contributed by atoms with Gasteiger partial charge in [-0.15, -0.1) is 0 Å². The van der Waals surface area contributed by atoms with Crippen LogP contribution in [0.5, 0.6) is 0 Å². The minimum absolute atomic E-state index is 0.0432. The first-order valence-corrected chi connectivity index (χ1v) is 7.36. The van der Waals surface area contributed by atoms with Gasteiger partial charge >= 0.3 is 0 Å². The van der Waals surface area contributed by atoms with Crippen molar-refractivity contribution in [3.8, 4) is 0 Å². The molecule has 1 unspecified atom stereocenters. The van der Waals surface area contributed by atoms with E-state index < -0.39 is 6.04 Å². The zero-order chi connectivity index (χ0) is 16.9. The van der Waals surface area contributed by atoms with Gasteiger partial charge in [-0.05, 0) is 24.9 Å². The van der Waals surface area contributed by atoms with Crippen molar-refractivity contribution in [2.45, 2.75) is 26.8 Å². The van der Waals surface area contributed by atoms with Gasteiger partial charge in [-0.25, -0.2) is 0 Å². The van der Waals surface area contributed by atoms with Crippen LogP contribution >= 0.6 is 0 Å². The molecule has 0 fully saturated rings. The number of carbonyl (C=O) groups is 2. The fourth-order valence-corrected chi connectivity index (χ4v) is 2.14. The molecule has 22 heavy (non-hydrogen) atoms. The van der Waals surface area contributed by atoms with Crippen molar-refractivity contribution in [1.29, 1.82) is 0 Å². The van der Waals surface area contributed by atoms with Crippen LogP contribution < -0.4 is 5.73 Å². The van der Waals surface area contributed by atoms with Crippen LogP contribution in [0.1, 0.15) is 26.8 Å².